The highest BCUT2D eigenvalue weighted by Gasteiger charge is 2.36. The van der Waals surface area contributed by atoms with Gasteiger partial charge < -0.3 is 4.42 Å². The van der Waals surface area contributed by atoms with Crippen molar-refractivity contribution >= 4 is 22.2 Å². The van der Waals surface area contributed by atoms with Gasteiger partial charge in [0.25, 0.3) is 5.82 Å². The minimum Gasteiger partial charge on any atom is -0.419 e. The molecule has 5 heterocycles. The van der Waals surface area contributed by atoms with Crippen LogP contribution in [-0.4, -0.2) is 14.5 Å². The Balaban J connectivity index is 2.01. The third-order valence-corrected chi connectivity index (χ3v) is 3.86. The van der Waals surface area contributed by atoms with Gasteiger partial charge in [0.2, 0.25) is 5.52 Å². The zero-order valence-corrected chi connectivity index (χ0v) is 10.4. The van der Waals surface area contributed by atoms with Crippen molar-refractivity contribution in [2.24, 2.45) is 6.98 Å². The fraction of sp³-hybridized carbons (Fsp3) is 0.133. The molecule has 1 aliphatic rings. The molecule has 5 rings (SSSR count). The Morgan fingerprint density at radius 1 is 1.30 bits per heavy atom. The molecule has 0 unspecified atom stereocenters. The fourth-order valence-corrected chi connectivity index (χ4v) is 2.98. The summed E-state index contributed by atoms with van der Waals surface area (Å²) in [5, 5.41) is 0.700. The average molecular weight is 266 g/mol. The topological polar surface area (TPSA) is 47.7 Å². The molecule has 1 aliphatic heterocycles. The van der Waals surface area contributed by atoms with Crippen LogP contribution in [0.4, 0.5) is 0 Å². The second kappa shape index (κ2) is 3.25. The first-order valence-electron chi connectivity index (χ1n) is 7.80. The monoisotopic (exact) mass is 266 g/mol. The Morgan fingerprint density at radius 3 is 3.15 bits per heavy atom. The van der Waals surface area contributed by atoms with Crippen molar-refractivity contribution in [2.75, 3.05) is 0 Å². The quantitative estimate of drug-likeness (QED) is 0.403. The first-order valence-corrected chi connectivity index (χ1v) is 6.30. The van der Waals surface area contributed by atoms with Crippen LogP contribution in [0.1, 0.15) is 9.68 Å². The van der Waals surface area contributed by atoms with Crippen LogP contribution in [0.25, 0.3) is 33.6 Å². The number of nitrogens with zero attached hydrogens (tertiary/aromatic N) is 4. The first-order chi connectivity index (χ1) is 11.1. The number of rotatable bonds is 0. The van der Waals surface area contributed by atoms with Crippen LogP contribution < -0.4 is 4.57 Å². The molecule has 0 radical (unpaired) electrons. The van der Waals surface area contributed by atoms with Crippen molar-refractivity contribution in [1.29, 1.82) is 0 Å². The van der Waals surface area contributed by atoms with Crippen LogP contribution in [0, 0.1) is 0 Å². The summed E-state index contributed by atoms with van der Waals surface area (Å²) in [5.41, 5.74) is 3.60. The molecule has 0 amide bonds. The molecule has 0 spiro atoms. The SMILES string of the molecule is [2H]C([2H])([2H])n1c2[n+](c3oc4ccncc4c31)Cc1ccncc1-2. The number of hydrogen-bond donors (Lipinski definition) is 0. The number of aromatic nitrogens is 4. The molecule has 0 aromatic carbocycles. The lowest BCUT2D eigenvalue weighted by Crippen LogP contribution is -2.31. The zero-order chi connectivity index (χ0) is 15.8. The smallest absolute Gasteiger partial charge is 0.339 e. The summed E-state index contributed by atoms with van der Waals surface area (Å²) in [6, 6.07) is 3.65. The maximum Gasteiger partial charge on any atom is 0.339 e. The molecule has 20 heavy (non-hydrogen) atoms. The van der Waals surface area contributed by atoms with E-state index in [0.717, 1.165) is 11.1 Å². The number of furan rings is 1. The van der Waals surface area contributed by atoms with E-state index in [4.69, 9.17) is 8.53 Å². The minimum atomic E-state index is -2.33. The number of hydrogen-bond acceptors (Lipinski definition) is 3. The maximum atomic E-state index is 8.00. The van der Waals surface area contributed by atoms with Crippen LogP contribution in [0.3, 0.4) is 0 Å². The normalized spacial score (nSPS) is 15.9. The largest absolute Gasteiger partial charge is 0.419 e. The van der Waals surface area contributed by atoms with Gasteiger partial charge in [-0.25, -0.2) is 4.57 Å². The molecule has 4 aromatic rings. The molecule has 0 bridgehead atoms. The standard InChI is InChI=1S/C15H11N4O/c1-18-13-11-7-17-5-3-12(11)20-15(13)19-8-9-2-4-16-6-10(9)14(18)19/h2-7H,8H2,1H3/q+1/i1D3. The number of imidazole rings is 1. The number of pyridine rings is 2. The van der Waals surface area contributed by atoms with Crippen LogP contribution in [-0.2, 0) is 13.5 Å². The summed E-state index contributed by atoms with van der Waals surface area (Å²) >= 11 is 0. The lowest BCUT2D eigenvalue weighted by atomic mass is 10.2. The van der Waals surface area contributed by atoms with Crippen LogP contribution in [0.2, 0.25) is 0 Å². The van der Waals surface area contributed by atoms with Crippen molar-refractivity contribution in [3.05, 3.63) is 42.5 Å². The van der Waals surface area contributed by atoms with Gasteiger partial charge in [0, 0.05) is 36.4 Å². The van der Waals surface area contributed by atoms with Gasteiger partial charge in [0.15, 0.2) is 0 Å². The Morgan fingerprint density at radius 2 is 2.20 bits per heavy atom. The third kappa shape index (κ3) is 1.02. The summed E-state index contributed by atoms with van der Waals surface area (Å²) in [6.45, 7) is -1.76. The summed E-state index contributed by atoms with van der Waals surface area (Å²) in [7, 11) is 0. The second-order valence-corrected chi connectivity index (χ2v) is 4.91. The molecule has 5 nitrogen and oxygen atoms in total. The highest BCUT2D eigenvalue weighted by molar-refractivity contribution is 6.01. The van der Waals surface area contributed by atoms with Crippen molar-refractivity contribution < 1.29 is 13.1 Å². The van der Waals surface area contributed by atoms with Gasteiger partial charge in [-0.3, -0.25) is 9.97 Å². The van der Waals surface area contributed by atoms with E-state index in [1.165, 1.54) is 4.57 Å². The predicted molar refractivity (Wildman–Crippen MR) is 73.0 cm³/mol. The number of fused-ring (bicyclic) bond motifs is 7. The molecular weight excluding hydrogens is 252 g/mol. The Labute approximate surface area is 118 Å². The number of aryl methyl sites for hydroxylation is 1. The van der Waals surface area contributed by atoms with Gasteiger partial charge in [-0.1, -0.05) is 0 Å². The van der Waals surface area contributed by atoms with E-state index in [-0.39, 0.29) is 0 Å². The Bertz CT molecular complexity index is 1090. The summed E-state index contributed by atoms with van der Waals surface area (Å²) in [4.78, 5) is 8.25. The van der Waals surface area contributed by atoms with Crippen molar-refractivity contribution in [3.63, 3.8) is 0 Å². The van der Waals surface area contributed by atoms with E-state index >= 15 is 0 Å². The summed E-state index contributed by atoms with van der Waals surface area (Å²) in [5.74, 6) is 0.604. The first kappa shape index (κ1) is 7.79. The van der Waals surface area contributed by atoms with Crippen LogP contribution in [0.15, 0.2) is 41.3 Å². The molecule has 0 N–H and O–H groups in total. The molecule has 0 aliphatic carbocycles. The summed E-state index contributed by atoms with van der Waals surface area (Å²) in [6.07, 6.45) is 6.69. The van der Waals surface area contributed by atoms with E-state index in [0.29, 0.717) is 34.6 Å². The fourth-order valence-electron chi connectivity index (χ4n) is 2.98. The lowest BCUT2D eigenvalue weighted by molar-refractivity contribution is -0.652. The van der Waals surface area contributed by atoms with Crippen LogP contribution >= 0.6 is 0 Å². The zero-order valence-electron chi connectivity index (χ0n) is 13.4. The Kier molecular flexibility index (Phi) is 1.27. The van der Waals surface area contributed by atoms with E-state index in [9.17, 15) is 0 Å². The van der Waals surface area contributed by atoms with E-state index in [2.05, 4.69) is 9.97 Å². The third-order valence-electron chi connectivity index (χ3n) is 3.86. The van der Waals surface area contributed by atoms with Gasteiger partial charge in [-0.2, -0.15) is 4.57 Å². The van der Waals surface area contributed by atoms with E-state index in [1.807, 2.05) is 10.6 Å². The Hall–Kier alpha value is -2.69. The van der Waals surface area contributed by atoms with Gasteiger partial charge in [-0.15, -0.1) is 0 Å². The van der Waals surface area contributed by atoms with Crippen LogP contribution in [0.5, 0.6) is 0 Å². The van der Waals surface area contributed by atoms with Crippen molar-refractivity contribution in [2.45, 2.75) is 6.54 Å². The predicted octanol–water partition coefficient (Wildman–Crippen LogP) is 2.03. The van der Waals surface area contributed by atoms with Gasteiger partial charge in [0.05, 0.1) is 22.0 Å². The molecular formula is C15H11N4O+. The van der Waals surface area contributed by atoms with Gasteiger partial charge in [-0.05, 0) is 6.07 Å². The molecule has 5 heteroatoms. The van der Waals surface area contributed by atoms with E-state index in [1.54, 1.807) is 30.9 Å². The summed E-state index contributed by atoms with van der Waals surface area (Å²) < 4.78 is 33.2. The molecule has 96 valence electrons. The highest BCUT2D eigenvalue weighted by Crippen LogP contribution is 2.34. The second-order valence-electron chi connectivity index (χ2n) is 4.91. The molecule has 4 aromatic heterocycles. The van der Waals surface area contributed by atoms with Gasteiger partial charge in [0.1, 0.15) is 12.1 Å². The maximum absolute atomic E-state index is 8.00. The van der Waals surface area contributed by atoms with Crippen molar-refractivity contribution in [3.8, 4) is 11.4 Å². The molecule has 0 atom stereocenters. The van der Waals surface area contributed by atoms with Crippen molar-refractivity contribution in [1.82, 2.24) is 14.5 Å². The highest BCUT2D eigenvalue weighted by atomic mass is 16.3. The molecule has 0 fully saturated rings. The van der Waals surface area contributed by atoms with Gasteiger partial charge >= 0.3 is 5.71 Å². The lowest BCUT2D eigenvalue weighted by Gasteiger charge is -1.94. The van der Waals surface area contributed by atoms with E-state index < -0.39 is 6.98 Å². The molecule has 0 saturated heterocycles. The average Bonchev–Trinajstić information content (AvgIpc) is 3.13. The minimum absolute atomic E-state index is 0.551. The molecule has 0 saturated carbocycles.